The smallest absolute Gasteiger partial charge is 0.148 e. The van der Waals surface area contributed by atoms with Crippen LogP contribution >= 0.6 is 11.8 Å². The zero-order chi connectivity index (χ0) is 22.5. The van der Waals surface area contributed by atoms with Gasteiger partial charge in [0.25, 0.3) is 0 Å². The number of thioether (sulfide) groups is 1. The van der Waals surface area contributed by atoms with Crippen LogP contribution in [-0.2, 0) is 6.61 Å². The maximum absolute atomic E-state index is 14.0. The number of aromatic nitrogens is 4. The number of methoxy groups -OCH3 is 1. The average molecular weight is 451 g/mol. The first-order chi connectivity index (χ1) is 15.6. The van der Waals surface area contributed by atoms with E-state index in [1.165, 1.54) is 6.07 Å². The number of hydrogen-bond donors (Lipinski definition) is 1. The van der Waals surface area contributed by atoms with Crippen molar-refractivity contribution in [2.45, 2.75) is 25.5 Å². The van der Waals surface area contributed by atoms with Crippen LogP contribution in [0.4, 0.5) is 4.39 Å². The van der Waals surface area contributed by atoms with Crippen LogP contribution in [0.3, 0.4) is 0 Å². The van der Waals surface area contributed by atoms with Gasteiger partial charge in [-0.15, -0.1) is 11.8 Å². The minimum absolute atomic E-state index is 0.0299. The van der Waals surface area contributed by atoms with E-state index in [1.54, 1.807) is 44.3 Å². The average Bonchev–Trinajstić information content (AvgIpc) is 3.29. The zero-order valence-electron chi connectivity index (χ0n) is 18.1. The van der Waals surface area contributed by atoms with E-state index < -0.39 is 0 Å². The van der Waals surface area contributed by atoms with Gasteiger partial charge in [0.05, 0.1) is 24.0 Å². The van der Waals surface area contributed by atoms with Crippen LogP contribution in [0.5, 0.6) is 11.5 Å². The molecule has 0 atom stereocenters. The molecule has 0 fully saturated rings. The molecule has 0 aliphatic rings. The zero-order valence-corrected chi connectivity index (χ0v) is 18.9. The Morgan fingerprint density at radius 1 is 1.03 bits per heavy atom. The van der Waals surface area contributed by atoms with Crippen molar-refractivity contribution >= 4 is 11.8 Å². The Morgan fingerprint density at radius 3 is 2.62 bits per heavy atom. The van der Waals surface area contributed by atoms with Crippen LogP contribution in [0, 0.1) is 12.7 Å². The molecule has 0 aliphatic heterocycles. The summed E-state index contributed by atoms with van der Waals surface area (Å²) in [7, 11) is 1.59. The summed E-state index contributed by atoms with van der Waals surface area (Å²) >= 11 is 1.70. The molecule has 0 saturated heterocycles. The van der Waals surface area contributed by atoms with Crippen molar-refractivity contribution in [1.82, 2.24) is 19.9 Å². The highest BCUT2D eigenvalue weighted by Crippen LogP contribution is 2.33. The summed E-state index contributed by atoms with van der Waals surface area (Å²) in [6, 6.07) is 10.9. The lowest BCUT2D eigenvalue weighted by Crippen LogP contribution is -2.02. The predicted molar refractivity (Wildman–Crippen MR) is 123 cm³/mol. The van der Waals surface area contributed by atoms with Crippen molar-refractivity contribution in [3.8, 4) is 34.1 Å². The fourth-order valence-electron chi connectivity index (χ4n) is 3.16. The SMILES string of the molecule is CCSc1ccc(-c2ncc(-c3ccc(OCc4ncc(C)cc4F)cc3OC)[nH]2)cn1. The van der Waals surface area contributed by atoms with Gasteiger partial charge in [-0.1, -0.05) is 6.92 Å². The van der Waals surface area contributed by atoms with E-state index in [-0.39, 0.29) is 18.1 Å². The predicted octanol–water partition coefficient (Wildman–Crippen LogP) is 5.68. The lowest BCUT2D eigenvalue weighted by molar-refractivity contribution is 0.292. The Labute approximate surface area is 190 Å². The second-order valence-electron chi connectivity index (χ2n) is 7.06. The normalized spacial score (nSPS) is 10.9. The Kier molecular flexibility index (Phi) is 6.70. The molecule has 3 heterocycles. The molecule has 0 amide bonds. The highest BCUT2D eigenvalue weighted by atomic mass is 32.2. The van der Waals surface area contributed by atoms with Gasteiger partial charge in [0.1, 0.15) is 35.4 Å². The third-order valence-corrected chi connectivity index (χ3v) is 5.60. The fraction of sp³-hybridized carbons (Fsp3) is 0.208. The summed E-state index contributed by atoms with van der Waals surface area (Å²) in [5.41, 5.74) is 3.57. The lowest BCUT2D eigenvalue weighted by atomic mass is 10.1. The van der Waals surface area contributed by atoms with Crippen molar-refractivity contribution in [1.29, 1.82) is 0 Å². The summed E-state index contributed by atoms with van der Waals surface area (Å²) in [5.74, 6) is 2.49. The Morgan fingerprint density at radius 2 is 1.91 bits per heavy atom. The van der Waals surface area contributed by atoms with Crippen LogP contribution in [0.25, 0.3) is 22.6 Å². The third-order valence-electron chi connectivity index (χ3n) is 4.77. The second kappa shape index (κ2) is 9.82. The summed E-state index contributed by atoms with van der Waals surface area (Å²) < 4.78 is 25.3. The van der Waals surface area contributed by atoms with Crippen molar-refractivity contribution in [3.63, 3.8) is 0 Å². The maximum Gasteiger partial charge on any atom is 0.148 e. The van der Waals surface area contributed by atoms with Crippen LogP contribution in [0.1, 0.15) is 18.2 Å². The van der Waals surface area contributed by atoms with Gasteiger partial charge in [0, 0.05) is 29.6 Å². The number of aromatic amines is 1. The summed E-state index contributed by atoms with van der Waals surface area (Å²) in [4.78, 5) is 16.4. The number of benzene rings is 1. The molecule has 0 unspecified atom stereocenters. The first kappa shape index (κ1) is 21.8. The monoisotopic (exact) mass is 450 g/mol. The number of halogens is 1. The first-order valence-electron chi connectivity index (χ1n) is 10.1. The lowest BCUT2D eigenvalue weighted by Gasteiger charge is -2.11. The molecule has 3 aromatic heterocycles. The van der Waals surface area contributed by atoms with Gasteiger partial charge in [0.15, 0.2) is 0 Å². The van der Waals surface area contributed by atoms with Crippen molar-refractivity contribution in [2.24, 2.45) is 0 Å². The molecule has 4 rings (SSSR count). The number of nitrogens with zero attached hydrogens (tertiary/aromatic N) is 3. The number of ether oxygens (including phenoxy) is 2. The van der Waals surface area contributed by atoms with Gasteiger partial charge in [-0.2, -0.15) is 0 Å². The molecule has 0 aliphatic carbocycles. The number of nitrogens with one attached hydrogen (secondary N) is 1. The van der Waals surface area contributed by atoms with Gasteiger partial charge >= 0.3 is 0 Å². The number of rotatable bonds is 8. The molecule has 0 bridgehead atoms. The molecular weight excluding hydrogens is 427 g/mol. The number of imidazole rings is 1. The molecule has 6 nitrogen and oxygen atoms in total. The summed E-state index contributed by atoms with van der Waals surface area (Å²) in [5, 5.41) is 0.987. The highest BCUT2D eigenvalue weighted by Gasteiger charge is 2.13. The van der Waals surface area contributed by atoms with Crippen LogP contribution in [-0.4, -0.2) is 32.8 Å². The standard InChI is InChI=1S/C24H23FN4O2S/c1-4-32-23-8-5-16(12-27-23)24-28-13-20(29-24)18-7-6-17(10-22(18)30-3)31-14-21-19(25)9-15(2)11-26-21/h5-13H,4,14H2,1-3H3,(H,28,29). The van der Waals surface area contributed by atoms with Gasteiger partial charge < -0.3 is 14.5 Å². The number of aryl methyl sites for hydroxylation is 1. The first-order valence-corrected chi connectivity index (χ1v) is 11.1. The van der Waals surface area contributed by atoms with E-state index >= 15 is 0 Å². The van der Waals surface area contributed by atoms with E-state index in [4.69, 9.17) is 9.47 Å². The number of pyridine rings is 2. The quantitative estimate of drug-likeness (QED) is 0.348. The molecule has 1 aromatic carbocycles. The minimum Gasteiger partial charge on any atom is -0.496 e. The molecule has 0 spiro atoms. The van der Waals surface area contributed by atoms with Gasteiger partial charge in [-0.25, -0.2) is 14.4 Å². The molecule has 0 saturated carbocycles. The third kappa shape index (κ3) is 4.91. The summed E-state index contributed by atoms with van der Waals surface area (Å²) in [6.07, 6.45) is 5.19. The Balaban J connectivity index is 1.51. The molecule has 8 heteroatoms. The molecule has 0 radical (unpaired) electrons. The van der Waals surface area contributed by atoms with E-state index in [0.29, 0.717) is 11.5 Å². The highest BCUT2D eigenvalue weighted by molar-refractivity contribution is 7.99. The van der Waals surface area contributed by atoms with Gasteiger partial charge in [-0.3, -0.25) is 4.98 Å². The van der Waals surface area contributed by atoms with Crippen LogP contribution < -0.4 is 9.47 Å². The number of H-pyrrole nitrogens is 1. The molecular formula is C24H23FN4O2S. The van der Waals surface area contributed by atoms with Gasteiger partial charge in [0.2, 0.25) is 0 Å². The van der Waals surface area contributed by atoms with E-state index in [9.17, 15) is 4.39 Å². The molecule has 32 heavy (non-hydrogen) atoms. The van der Waals surface area contributed by atoms with Crippen molar-refractivity contribution < 1.29 is 13.9 Å². The van der Waals surface area contributed by atoms with Crippen molar-refractivity contribution in [2.75, 3.05) is 12.9 Å². The second-order valence-corrected chi connectivity index (χ2v) is 8.34. The molecule has 1 N–H and O–H groups in total. The topological polar surface area (TPSA) is 72.9 Å². The van der Waals surface area contributed by atoms with E-state index in [2.05, 4.69) is 26.9 Å². The van der Waals surface area contributed by atoms with Crippen LogP contribution in [0.15, 0.2) is 60.0 Å². The largest absolute Gasteiger partial charge is 0.496 e. The summed E-state index contributed by atoms with van der Waals surface area (Å²) in [6.45, 7) is 3.92. The van der Waals surface area contributed by atoms with E-state index in [1.807, 2.05) is 30.5 Å². The Hall–Kier alpha value is -3.39. The molecule has 164 valence electrons. The number of hydrogen-bond acceptors (Lipinski definition) is 6. The molecule has 4 aromatic rings. The minimum atomic E-state index is -0.380. The Bertz CT molecular complexity index is 1210. The van der Waals surface area contributed by atoms with Crippen molar-refractivity contribution in [3.05, 3.63) is 72.1 Å². The maximum atomic E-state index is 14.0. The van der Waals surface area contributed by atoms with Gasteiger partial charge in [-0.05, 0) is 48.6 Å². The van der Waals surface area contributed by atoms with Crippen LogP contribution in [0.2, 0.25) is 0 Å². The fourth-order valence-corrected chi connectivity index (χ4v) is 3.75. The van der Waals surface area contributed by atoms with E-state index in [0.717, 1.165) is 39.0 Å².